The van der Waals surface area contributed by atoms with Crippen molar-refractivity contribution in [3.8, 4) is 0 Å². The molecule has 0 aromatic rings. The van der Waals surface area contributed by atoms with Crippen molar-refractivity contribution in [2.45, 2.75) is 13.3 Å². The molecule has 0 saturated heterocycles. The van der Waals surface area contributed by atoms with Gasteiger partial charge in [-0.1, -0.05) is 6.92 Å². The van der Waals surface area contributed by atoms with Gasteiger partial charge in [-0.05, 0) is 6.42 Å². The summed E-state index contributed by atoms with van der Waals surface area (Å²) in [7, 11) is 0. The van der Waals surface area contributed by atoms with Crippen LogP contribution in [0.3, 0.4) is 0 Å². The molecule has 3 N–H and O–H groups in total. The molecule has 0 aliphatic carbocycles. The van der Waals surface area contributed by atoms with Crippen molar-refractivity contribution >= 4 is 17.8 Å². The molecule has 1 amide bonds. The van der Waals surface area contributed by atoms with E-state index in [1.807, 2.05) is 0 Å². The second-order valence-corrected chi connectivity index (χ2v) is 2.86. The Labute approximate surface area is 86.6 Å². The van der Waals surface area contributed by atoms with Gasteiger partial charge in [0.25, 0.3) is 0 Å². The van der Waals surface area contributed by atoms with E-state index in [9.17, 15) is 14.4 Å². The van der Waals surface area contributed by atoms with Gasteiger partial charge in [0.1, 0.15) is 0 Å². The fourth-order valence-electron chi connectivity index (χ4n) is 0.836. The van der Waals surface area contributed by atoms with Crippen LogP contribution in [0.15, 0.2) is 12.2 Å². The van der Waals surface area contributed by atoms with Crippen molar-refractivity contribution < 1.29 is 24.6 Å². The average molecular weight is 215 g/mol. The Bertz CT molecular complexity index is 284. The Kier molecular flexibility index (Phi) is 5.77. The monoisotopic (exact) mass is 215 g/mol. The highest BCUT2D eigenvalue weighted by molar-refractivity contribution is 5.94. The molecule has 0 heterocycles. The average Bonchev–Trinajstić information content (AvgIpc) is 2.15. The van der Waals surface area contributed by atoms with E-state index >= 15 is 0 Å². The first-order chi connectivity index (χ1) is 6.97. The number of carbonyl (C=O) groups is 3. The standard InChI is InChI=1S/C9H13NO5/c1-2-6(9(14)15)5-10-7(11)3-4-8(12)13/h3-4,6H,2,5H2,1H3,(H,10,11)(H,12,13)(H,14,15). The number of carboxylic acids is 2. The molecular formula is C9H13NO5. The molecule has 0 aliphatic rings. The van der Waals surface area contributed by atoms with Crippen LogP contribution in [-0.4, -0.2) is 34.6 Å². The van der Waals surface area contributed by atoms with Gasteiger partial charge in [0.15, 0.2) is 0 Å². The highest BCUT2D eigenvalue weighted by atomic mass is 16.4. The predicted molar refractivity (Wildman–Crippen MR) is 51.2 cm³/mol. The minimum atomic E-state index is -1.23. The summed E-state index contributed by atoms with van der Waals surface area (Å²) in [6.07, 6.45) is 1.94. The molecule has 6 heteroatoms. The molecule has 0 spiro atoms. The summed E-state index contributed by atoms with van der Waals surface area (Å²) >= 11 is 0. The van der Waals surface area contributed by atoms with Crippen LogP contribution in [0.4, 0.5) is 0 Å². The lowest BCUT2D eigenvalue weighted by Gasteiger charge is -2.09. The van der Waals surface area contributed by atoms with Crippen molar-refractivity contribution in [1.82, 2.24) is 5.32 Å². The summed E-state index contributed by atoms with van der Waals surface area (Å²) in [6.45, 7) is 1.69. The lowest BCUT2D eigenvalue weighted by molar-refractivity contribution is -0.141. The zero-order chi connectivity index (χ0) is 11.8. The van der Waals surface area contributed by atoms with Gasteiger partial charge in [0.05, 0.1) is 5.92 Å². The molecular weight excluding hydrogens is 202 g/mol. The maximum atomic E-state index is 10.9. The summed E-state index contributed by atoms with van der Waals surface area (Å²) < 4.78 is 0. The molecule has 0 aromatic carbocycles. The van der Waals surface area contributed by atoms with Gasteiger partial charge >= 0.3 is 11.9 Å². The van der Waals surface area contributed by atoms with Gasteiger partial charge in [0, 0.05) is 18.7 Å². The van der Waals surface area contributed by atoms with Crippen LogP contribution in [0.25, 0.3) is 0 Å². The molecule has 0 saturated carbocycles. The van der Waals surface area contributed by atoms with Crippen LogP contribution in [-0.2, 0) is 14.4 Å². The van der Waals surface area contributed by atoms with Crippen LogP contribution in [0.1, 0.15) is 13.3 Å². The first kappa shape index (κ1) is 13.2. The van der Waals surface area contributed by atoms with Crippen LogP contribution >= 0.6 is 0 Å². The smallest absolute Gasteiger partial charge is 0.328 e. The van der Waals surface area contributed by atoms with Crippen molar-refractivity contribution in [3.05, 3.63) is 12.2 Å². The van der Waals surface area contributed by atoms with Crippen molar-refractivity contribution in [1.29, 1.82) is 0 Å². The number of nitrogens with one attached hydrogen (secondary N) is 1. The summed E-state index contributed by atoms with van der Waals surface area (Å²) in [5.74, 6) is -3.47. The molecule has 0 radical (unpaired) electrons. The molecule has 84 valence electrons. The Morgan fingerprint density at radius 2 is 1.87 bits per heavy atom. The molecule has 1 atom stereocenters. The zero-order valence-electron chi connectivity index (χ0n) is 8.27. The fourth-order valence-corrected chi connectivity index (χ4v) is 0.836. The topological polar surface area (TPSA) is 104 Å². The van der Waals surface area contributed by atoms with Crippen molar-refractivity contribution in [3.63, 3.8) is 0 Å². The lowest BCUT2D eigenvalue weighted by Crippen LogP contribution is -2.31. The third kappa shape index (κ3) is 6.25. The summed E-state index contributed by atoms with van der Waals surface area (Å²) in [4.78, 5) is 31.5. The summed E-state index contributed by atoms with van der Waals surface area (Å²) in [5, 5.41) is 19.2. The van der Waals surface area contributed by atoms with Gasteiger partial charge < -0.3 is 15.5 Å². The van der Waals surface area contributed by atoms with E-state index in [0.717, 1.165) is 6.08 Å². The van der Waals surface area contributed by atoms with E-state index in [2.05, 4.69) is 5.32 Å². The minimum Gasteiger partial charge on any atom is -0.481 e. The van der Waals surface area contributed by atoms with Crippen LogP contribution < -0.4 is 5.32 Å². The Balaban J connectivity index is 3.99. The van der Waals surface area contributed by atoms with Gasteiger partial charge in [0.2, 0.25) is 5.91 Å². The van der Waals surface area contributed by atoms with Crippen LogP contribution in [0.2, 0.25) is 0 Å². The maximum Gasteiger partial charge on any atom is 0.328 e. The molecule has 1 unspecified atom stereocenters. The lowest BCUT2D eigenvalue weighted by atomic mass is 10.1. The Hall–Kier alpha value is -1.85. The molecule has 0 aromatic heterocycles. The number of hydrogen-bond donors (Lipinski definition) is 3. The highest BCUT2D eigenvalue weighted by Crippen LogP contribution is 1.99. The zero-order valence-corrected chi connectivity index (χ0v) is 8.27. The van der Waals surface area contributed by atoms with Crippen LogP contribution in [0, 0.1) is 5.92 Å². The molecule has 0 rings (SSSR count). The van der Waals surface area contributed by atoms with Gasteiger partial charge in [-0.25, -0.2) is 4.79 Å². The van der Waals surface area contributed by atoms with Gasteiger partial charge in [-0.15, -0.1) is 0 Å². The Morgan fingerprint density at radius 1 is 1.27 bits per heavy atom. The second kappa shape index (κ2) is 6.58. The third-order valence-electron chi connectivity index (χ3n) is 1.74. The number of rotatable bonds is 6. The number of amides is 1. The van der Waals surface area contributed by atoms with E-state index in [1.165, 1.54) is 0 Å². The molecule has 0 aliphatic heterocycles. The van der Waals surface area contributed by atoms with E-state index in [0.29, 0.717) is 12.5 Å². The number of aliphatic carboxylic acids is 2. The molecule has 6 nitrogen and oxygen atoms in total. The minimum absolute atomic E-state index is 0.00533. The predicted octanol–water partition coefficient (Wildman–Crippen LogP) is -0.146. The SMILES string of the molecule is CCC(CNC(=O)C=CC(=O)O)C(=O)O. The van der Waals surface area contributed by atoms with E-state index < -0.39 is 23.8 Å². The number of hydrogen-bond acceptors (Lipinski definition) is 3. The largest absolute Gasteiger partial charge is 0.481 e. The van der Waals surface area contributed by atoms with E-state index in [1.54, 1.807) is 6.92 Å². The van der Waals surface area contributed by atoms with E-state index in [4.69, 9.17) is 10.2 Å². The summed E-state index contributed by atoms with van der Waals surface area (Å²) in [6, 6.07) is 0. The first-order valence-corrected chi connectivity index (χ1v) is 4.39. The maximum absolute atomic E-state index is 10.9. The Morgan fingerprint density at radius 3 is 2.27 bits per heavy atom. The first-order valence-electron chi connectivity index (χ1n) is 4.39. The van der Waals surface area contributed by atoms with E-state index in [-0.39, 0.29) is 6.54 Å². The highest BCUT2D eigenvalue weighted by Gasteiger charge is 2.14. The quantitative estimate of drug-likeness (QED) is 0.535. The molecule has 0 bridgehead atoms. The normalized spacial score (nSPS) is 12.3. The second-order valence-electron chi connectivity index (χ2n) is 2.86. The van der Waals surface area contributed by atoms with Gasteiger partial charge in [-0.2, -0.15) is 0 Å². The number of carbonyl (C=O) groups excluding carboxylic acids is 1. The third-order valence-corrected chi connectivity index (χ3v) is 1.74. The van der Waals surface area contributed by atoms with Crippen LogP contribution in [0.5, 0.6) is 0 Å². The fraction of sp³-hybridized carbons (Fsp3) is 0.444. The van der Waals surface area contributed by atoms with Gasteiger partial charge in [-0.3, -0.25) is 9.59 Å². The molecule has 15 heavy (non-hydrogen) atoms. The van der Waals surface area contributed by atoms with Crippen molar-refractivity contribution in [2.75, 3.05) is 6.54 Å². The molecule has 0 fully saturated rings. The number of carboxylic acid groups (broad SMARTS) is 2. The van der Waals surface area contributed by atoms with Crippen molar-refractivity contribution in [2.24, 2.45) is 5.92 Å². The summed E-state index contributed by atoms with van der Waals surface area (Å²) in [5.41, 5.74) is 0.